The molecule has 0 aliphatic carbocycles. The molecule has 0 unspecified atom stereocenters. The minimum Gasteiger partial charge on any atom is -0.287 e. The summed E-state index contributed by atoms with van der Waals surface area (Å²) in [5, 5.41) is 0. The fourth-order valence-electron chi connectivity index (χ4n) is 3.29. The van der Waals surface area contributed by atoms with Gasteiger partial charge < -0.3 is 0 Å². The maximum absolute atomic E-state index is 13.6. The molecule has 3 aromatic carbocycles. The van der Waals surface area contributed by atoms with Crippen LogP contribution in [0.2, 0.25) is 0 Å². The van der Waals surface area contributed by atoms with Crippen LogP contribution in [0.1, 0.15) is 11.1 Å². The Balaban J connectivity index is 1.88. The lowest BCUT2D eigenvalue weighted by Crippen LogP contribution is -2.50. The number of para-hydroxylation sites is 1. The molecule has 3 aromatic rings. The molecular formula is C21H17FN2O3S. The molecule has 0 spiro atoms. The highest BCUT2D eigenvalue weighted by atomic mass is 32.2. The first kappa shape index (κ1) is 18.2. The first-order chi connectivity index (χ1) is 13.4. The standard InChI is InChI=1S/C21H17FN2O3S/c1-15-6-4-9-18(12-15)24-21(25)23(14-16-7-5-8-17(22)13-16)19-10-2-3-11-20(19)28(24,26)27/h2-13H,14H2,1H3. The summed E-state index contributed by atoms with van der Waals surface area (Å²) in [4.78, 5) is 14.7. The molecule has 2 amide bonds. The quantitative estimate of drug-likeness (QED) is 0.656. The van der Waals surface area contributed by atoms with Crippen molar-refractivity contribution >= 4 is 27.4 Å². The number of rotatable bonds is 3. The number of benzene rings is 3. The van der Waals surface area contributed by atoms with Gasteiger partial charge in [0, 0.05) is 0 Å². The van der Waals surface area contributed by atoms with Crippen LogP contribution >= 0.6 is 0 Å². The first-order valence-electron chi connectivity index (χ1n) is 8.65. The average molecular weight is 396 g/mol. The van der Waals surface area contributed by atoms with Crippen molar-refractivity contribution < 1.29 is 17.6 Å². The molecular weight excluding hydrogens is 379 g/mol. The normalized spacial score (nSPS) is 15.4. The molecule has 0 bridgehead atoms. The number of anilines is 2. The van der Waals surface area contributed by atoms with E-state index in [4.69, 9.17) is 0 Å². The molecule has 5 nitrogen and oxygen atoms in total. The Bertz CT molecular complexity index is 1180. The van der Waals surface area contributed by atoms with Crippen LogP contribution in [0.3, 0.4) is 0 Å². The average Bonchev–Trinajstić information content (AvgIpc) is 2.65. The summed E-state index contributed by atoms with van der Waals surface area (Å²) in [5.74, 6) is -0.418. The number of fused-ring (bicyclic) bond motifs is 1. The Morgan fingerprint density at radius 3 is 2.43 bits per heavy atom. The molecule has 4 rings (SSSR count). The van der Waals surface area contributed by atoms with Crippen LogP contribution in [-0.4, -0.2) is 14.4 Å². The van der Waals surface area contributed by atoms with E-state index >= 15 is 0 Å². The van der Waals surface area contributed by atoms with Gasteiger partial charge in [-0.1, -0.05) is 36.4 Å². The molecule has 0 radical (unpaired) electrons. The van der Waals surface area contributed by atoms with Gasteiger partial charge in [0.05, 0.1) is 17.9 Å². The Morgan fingerprint density at radius 2 is 1.68 bits per heavy atom. The molecule has 1 aliphatic rings. The third-order valence-electron chi connectivity index (χ3n) is 4.54. The maximum atomic E-state index is 13.6. The van der Waals surface area contributed by atoms with Crippen molar-refractivity contribution in [1.82, 2.24) is 0 Å². The second-order valence-electron chi connectivity index (χ2n) is 6.57. The number of hydrogen-bond donors (Lipinski definition) is 0. The minimum atomic E-state index is -4.07. The van der Waals surface area contributed by atoms with Gasteiger partial charge in [0.2, 0.25) is 0 Å². The Morgan fingerprint density at radius 1 is 0.929 bits per heavy atom. The molecule has 0 fully saturated rings. The van der Waals surface area contributed by atoms with Gasteiger partial charge in [-0.15, -0.1) is 0 Å². The van der Waals surface area contributed by atoms with Gasteiger partial charge in [0.15, 0.2) is 0 Å². The number of amides is 2. The Kier molecular flexibility index (Phi) is 4.39. The van der Waals surface area contributed by atoms with Crippen molar-refractivity contribution in [1.29, 1.82) is 0 Å². The van der Waals surface area contributed by atoms with Gasteiger partial charge in [0.25, 0.3) is 10.0 Å². The number of halogens is 1. The third-order valence-corrected chi connectivity index (χ3v) is 6.29. The molecule has 1 heterocycles. The lowest BCUT2D eigenvalue weighted by molar-refractivity contribution is 0.253. The fraction of sp³-hybridized carbons (Fsp3) is 0.0952. The van der Waals surface area contributed by atoms with Crippen LogP contribution < -0.4 is 9.21 Å². The molecule has 7 heteroatoms. The summed E-state index contributed by atoms with van der Waals surface area (Å²) < 4.78 is 40.8. The predicted molar refractivity (Wildman–Crippen MR) is 105 cm³/mol. The van der Waals surface area contributed by atoms with Crippen LogP contribution in [0, 0.1) is 12.7 Å². The zero-order chi connectivity index (χ0) is 19.9. The highest BCUT2D eigenvalue weighted by Crippen LogP contribution is 2.38. The number of carbonyl (C=O) groups is 1. The molecule has 1 aliphatic heterocycles. The molecule has 0 saturated heterocycles. The van der Waals surface area contributed by atoms with Crippen molar-refractivity contribution in [3.05, 3.63) is 89.7 Å². The summed E-state index contributed by atoms with van der Waals surface area (Å²) in [5.41, 5.74) is 1.94. The van der Waals surface area contributed by atoms with Crippen LogP contribution in [0.4, 0.5) is 20.6 Å². The third kappa shape index (κ3) is 3.03. The van der Waals surface area contributed by atoms with E-state index in [1.54, 1.807) is 48.5 Å². The zero-order valence-electron chi connectivity index (χ0n) is 15.0. The Hall–Kier alpha value is -3.19. The van der Waals surface area contributed by atoms with E-state index in [1.807, 2.05) is 13.0 Å². The molecule has 0 saturated carbocycles. The van der Waals surface area contributed by atoms with Crippen LogP contribution in [-0.2, 0) is 16.6 Å². The fourth-order valence-corrected chi connectivity index (χ4v) is 4.87. The highest BCUT2D eigenvalue weighted by molar-refractivity contribution is 7.94. The molecule has 142 valence electrons. The number of aryl methyl sites for hydroxylation is 1. The number of hydrogen-bond acceptors (Lipinski definition) is 3. The van der Waals surface area contributed by atoms with Gasteiger partial charge in [0.1, 0.15) is 10.7 Å². The van der Waals surface area contributed by atoms with E-state index in [0.29, 0.717) is 5.56 Å². The van der Waals surface area contributed by atoms with Crippen LogP contribution in [0.15, 0.2) is 77.7 Å². The molecule has 0 N–H and O–H groups in total. The summed E-state index contributed by atoms with van der Waals surface area (Å²) >= 11 is 0. The second kappa shape index (κ2) is 6.76. The molecule has 28 heavy (non-hydrogen) atoms. The SMILES string of the molecule is Cc1cccc(N2C(=O)N(Cc3cccc(F)c3)c3ccccc3S2(=O)=O)c1. The summed E-state index contributed by atoms with van der Waals surface area (Å²) in [6.07, 6.45) is 0. The lowest BCUT2D eigenvalue weighted by atomic mass is 10.2. The van der Waals surface area contributed by atoms with Crippen molar-refractivity contribution in [2.75, 3.05) is 9.21 Å². The number of nitrogens with zero attached hydrogens (tertiary/aromatic N) is 2. The van der Waals surface area contributed by atoms with Gasteiger partial charge in [-0.05, 0) is 54.4 Å². The van der Waals surface area contributed by atoms with E-state index in [-0.39, 0.29) is 22.8 Å². The summed E-state index contributed by atoms with van der Waals surface area (Å²) in [7, 11) is -4.07. The van der Waals surface area contributed by atoms with Gasteiger partial charge >= 0.3 is 6.03 Å². The number of urea groups is 1. The topological polar surface area (TPSA) is 57.7 Å². The first-order valence-corrected chi connectivity index (χ1v) is 10.1. The second-order valence-corrected chi connectivity index (χ2v) is 8.33. The van der Waals surface area contributed by atoms with Gasteiger partial charge in [-0.25, -0.2) is 17.6 Å². The van der Waals surface area contributed by atoms with E-state index in [1.165, 1.54) is 23.1 Å². The van der Waals surface area contributed by atoms with E-state index in [9.17, 15) is 17.6 Å². The number of carbonyl (C=O) groups excluding carboxylic acids is 1. The predicted octanol–water partition coefficient (Wildman–Crippen LogP) is 4.47. The van der Waals surface area contributed by atoms with Gasteiger partial charge in [-0.2, -0.15) is 4.31 Å². The summed E-state index contributed by atoms with van der Waals surface area (Å²) in [6, 6.07) is 18.3. The minimum absolute atomic E-state index is 0.0347. The van der Waals surface area contributed by atoms with E-state index in [2.05, 4.69) is 0 Å². The number of sulfonamides is 1. The smallest absolute Gasteiger partial charge is 0.287 e. The van der Waals surface area contributed by atoms with Crippen molar-refractivity contribution in [3.8, 4) is 0 Å². The summed E-state index contributed by atoms with van der Waals surface area (Å²) in [6.45, 7) is 1.87. The lowest BCUT2D eigenvalue weighted by Gasteiger charge is -2.36. The van der Waals surface area contributed by atoms with E-state index in [0.717, 1.165) is 9.87 Å². The van der Waals surface area contributed by atoms with Crippen molar-refractivity contribution in [3.63, 3.8) is 0 Å². The van der Waals surface area contributed by atoms with E-state index < -0.39 is 21.9 Å². The van der Waals surface area contributed by atoms with Crippen LogP contribution in [0.25, 0.3) is 0 Å². The van der Waals surface area contributed by atoms with Crippen LogP contribution in [0.5, 0.6) is 0 Å². The van der Waals surface area contributed by atoms with Gasteiger partial charge in [-0.3, -0.25) is 4.90 Å². The van der Waals surface area contributed by atoms with Crippen molar-refractivity contribution in [2.45, 2.75) is 18.4 Å². The molecule has 0 atom stereocenters. The maximum Gasteiger partial charge on any atom is 0.343 e. The zero-order valence-corrected chi connectivity index (χ0v) is 15.9. The van der Waals surface area contributed by atoms with Crippen molar-refractivity contribution in [2.24, 2.45) is 0 Å². The molecule has 0 aromatic heterocycles. The monoisotopic (exact) mass is 396 g/mol. The largest absolute Gasteiger partial charge is 0.343 e. The highest BCUT2D eigenvalue weighted by Gasteiger charge is 2.42. The Labute approximate surface area is 162 Å².